The van der Waals surface area contributed by atoms with E-state index in [2.05, 4.69) is 0 Å². The van der Waals surface area contributed by atoms with Gasteiger partial charge in [0.1, 0.15) is 12.1 Å². The molecule has 0 bridgehead atoms. The third-order valence-corrected chi connectivity index (χ3v) is 6.05. The standard InChI is InChI=1S/C28H24N2O8/c29-23(27(35)36)11-15-5-3-9-19(21(15)13-31)25(33)17-7-1-2-8-18(17)26(34)20-10-4-6-16(22(20)14-32)12-24(30)28(37)38/h1-10,13-14,23-24H,11-12,29-30H2,(H,35,36)(H,37,38)/t23-,24-/m0/s1. The lowest BCUT2D eigenvalue weighted by atomic mass is 9.87. The number of carboxylic acids is 2. The van der Waals surface area contributed by atoms with Crippen molar-refractivity contribution in [3.05, 3.63) is 105 Å². The zero-order valence-electron chi connectivity index (χ0n) is 20.0. The van der Waals surface area contributed by atoms with Gasteiger partial charge in [0.25, 0.3) is 0 Å². The van der Waals surface area contributed by atoms with Crippen molar-refractivity contribution in [2.45, 2.75) is 24.9 Å². The molecule has 0 radical (unpaired) electrons. The molecule has 38 heavy (non-hydrogen) atoms. The van der Waals surface area contributed by atoms with E-state index in [0.717, 1.165) is 0 Å². The lowest BCUT2D eigenvalue weighted by molar-refractivity contribution is -0.139. The van der Waals surface area contributed by atoms with E-state index in [1.807, 2.05) is 0 Å². The van der Waals surface area contributed by atoms with Crippen molar-refractivity contribution >= 4 is 36.1 Å². The van der Waals surface area contributed by atoms with Crippen LogP contribution in [0.1, 0.15) is 63.7 Å². The van der Waals surface area contributed by atoms with E-state index in [1.165, 1.54) is 60.7 Å². The zero-order chi connectivity index (χ0) is 28.0. The molecule has 6 N–H and O–H groups in total. The van der Waals surface area contributed by atoms with Crippen LogP contribution in [0.4, 0.5) is 0 Å². The van der Waals surface area contributed by atoms with Crippen molar-refractivity contribution in [3.63, 3.8) is 0 Å². The number of ketones is 2. The first kappa shape index (κ1) is 27.8. The van der Waals surface area contributed by atoms with Gasteiger partial charge in [0.2, 0.25) is 0 Å². The average Bonchev–Trinajstić information content (AvgIpc) is 2.91. The molecular formula is C28H24N2O8. The molecule has 0 aromatic heterocycles. The lowest BCUT2D eigenvalue weighted by Crippen LogP contribution is -2.32. The van der Waals surface area contributed by atoms with Gasteiger partial charge in [0, 0.05) is 33.4 Å². The van der Waals surface area contributed by atoms with Gasteiger partial charge in [-0.1, -0.05) is 60.7 Å². The van der Waals surface area contributed by atoms with Gasteiger partial charge in [0.05, 0.1) is 0 Å². The van der Waals surface area contributed by atoms with E-state index in [4.69, 9.17) is 21.7 Å². The van der Waals surface area contributed by atoms with E-state index in [9.17, 15) is 28.8 Å². The Hall–Kier alpha value is -4.80. The molecule has 3 aromatic carbocycles. The summed E-state index contributed by atoms with van der Waals surface area (Å²) in [5, 5.41) is 18.3. The molecule has 0 aliphatic carbocycles. The number of nitrogens with two attached hydrogens (primary N) is 2. The molecule has 0 amide bonds. The van der Waals surface area contributed by atoms with Crippen LogP contribution in [0.15, 0.2) is 60.7 Å². The molecule has 10 heteroatoms. The van der Waals surface area contributed by atoms with Crippen LogP contribution < -0.4 is 11.5 Å². The van der Waals surface area contributed by atoms with E-state index in [0.29, 0.717) is 12.6 Å². The average molecular weight is 517 g/mol. The smallest absolute Gasteiger partial charge is 0.320 e. The number of hydrogen-bond acceptors (Lipinski definition) is 8. The Morgan fingerprint density at radius 1 is 0.605 bits per heavy atom. The first-order chi connectivity index (χ1) is 18.1. The van der Waals surface area contributed by atoms with Crippen molar-refractivity contribution < 1.29 is 39.0 Å². The van der Waals surface area contributed by atoms with Gasteiger partial charge in [-0.05, 0) is 24.0 Å². The van der Waals surface area contributed by atoms with Crippen LogP contribution in [-0.4, -0.2) is 58.4 Å². The molecule has 0 heterocycles. The number of benzene rings is 3. The highest BCUT2D eigenvalue weighted by Gasteiger charge is 2.26. The highest BCUT2D eigenvalue weighted by Crippen LogP contribution is 2.24. The van der Waals surface area contributed by atoms with Crippen molar-refractivity contribution in [1.29, 1.82) is 0 Å². The molecule has 10 nitrogen and oxygen atoms in total. The lowest BCUT2D eigenvalue weighted by Gasteiger charge is -2.15. The summed E-state index contributed by atoms with van der Waals surface area (Å²) in [5.41, 5.74) is 11.4. The molecular weight excluding hydrogens is 492 g/mol. The number of carboxylic acid groups (broad SMARTS) is 2. The van der Waals surface area contributed by atoms with Gasteiger partial charge in [-0.15, -0.1) is 0 Å². The molecule has 0 aliphatic heterocycles. The van der Waals surface area contributed by atoms with Gasteiger partial charge < -0.3 is 21.7 Å². The number of hydrogen-bond donors (Lipinski definition) is 4. The Kier molecular flexibility index (Phi) is 8.74. The minimum atomic E-state index is -1.30. The largest absolute Gasteiger partial charge is 0.480 e. The Morgan fingerprint density at radius 3 is 1.26 bits per heavy atom. The predicted molar refractivity (Wildman–Crippen MR) is 136 cm³/mol. The maximum atomic E-state index is 13.6. The normalized spacial score (nSPS) is 12.3. The topological polar surface area (TPSA) is 195 Å². The van der Waals surface area contributed by atoms with Gasteiger partial charge >= 0.3 is 11.9 Å². The summed E-state index contributed by atoms with van der Waals surface area (Å²) in [4.78, 5) is 73.4. The maximum absolute atomic E-state index is 13.6. The van der Waals surface area contributed by atoms with Crippen LogP contribution in [0, 0.1) is 0 Å². The summed E-state index contributed by atoms with van der Waals surface area (Å²) < 4.78 is 0. The summed E-state index contributed by atoms with van der Waals surface area (Å²) >= 11 is 0. The molecule has 0 spiro atoms. The second-order valence-corrected chi connectivity index (χ2v) is 8.49. The molecule has 0 fully saturated rings. The predicted octanol–water partition coefficient (Wildman–Crippen LogP) is 1.68. The Morgan fingerprint density at radius 2 is 0.947 bits per heavy atom. The van der Waals surface area contributed by atoms with Gasteiger partial charge in [-0.2, -0.15) is 0 Å². The number of rotatable bonds is 12. The fraction of sp³-hybridized carbons (Fsp3) is 0.143. The number of aliphatic carboxylic acids is 2. The molecule has 3 rings (SSSR count). The summed E-state index contributed by atoms with van der Waals surface area (Å²) in [6.45, 7) is 0. The quantitative estimate of drug-likeness (QED) is 0.203. The number of aldehydes is 2. The maximum Gasteiger partial charge on any atom is 0.320 e. The van der Waals surface area contributed by atoms with Crippen molar-refractivity contribution in [2.24, 2.45) is 11.5 Å². The van der Waals surface area contributed by atoms with E-state index in [-0.39, 0.29) is 57.3 Å². The first-order valence-electron chi connectivity index (χ1n) is 11.4. The second-order valence-electron chi connectivity index (χ2n) is 8.49. The SMILES string of the molecule is N[C@@H](Cc1cccc(C(=O)c2ccccc2C(=O)c2cccc(C[C@H](N)C(=O)O)c2C=O)c1C=O)C(=O)O. The molecule has 0 saturated carbocycles. The van der Waals surface area contributed by atoms with Crippen molar-refractivity contribution in [1.82, 2.24) is 0 Å². The minimum Gasteiger partial charge on any atom is -0.480 e. The summed E-state index contributed by atoms with van der Waals surface area (Å²) in [6, 6.07) is 12.0. The Labute approximate surface area is 216 Å². The van der Waals surface area contributed by atoms with Crippen LogP contribution in [0.3, 0.4) is 0 Å². The van der Waals surface area contributed by atoms with Crippen LogP contribution in [0.5, 0.6) is 0 Å². The van der Waals surface area contributed by atoms with E-state index in [1.54, 1.807) is 0 Å². The Balaban J connectivity index is 2.08. The number of carbonyl (C=O) groups is 6. The van der Waals surface area contributed by atoms with Gasteiger partial charge in [-0.25, -0.2) is 0 Å². The second kappa shape index (κ2) is 12.0. The van der Waals surface area contributed by atoms with E-state index < -0.39 is 35.6 Å². The van der Waals surface area contributed by atoms with Gasteiger partial charge in [0.15, 0.2) is 24.1 Å². The molecule has 0 aliphatic rings. The summed E-state index contributed by atoms with van der Waals surface area (Å²) in [7, 11) is 0. The summed E-state index contributed by atoms with van der Waals surface area (Å²) in [6.07, 6.45) is 0.473. The van der Waals surface area contributed by atoms with Crippen LogP contribution in [-0.2, 0) is 22.4 Å². The first-order valence-corrected chi connectivity index (χ1v) is 11.4. The number of carbonyl (C=O) groups excluding carboxylic acids is 4. The van der Waals surface area contributed by atoms with Gasteiger partial charge in [-0.3, -0.25) is 28.8 Å². The fourth-order valence-electron chi connectivity index (χ4n) is 4.07. The molecule has 194 valence electrons. The molecule has 2 atom stereocenters. The van der Waals surface area contributed by atoms with Crippen LogP contribution in [0.2, 0.25) is 0 Å². The highest BCUT2D eigenvalue weighted by molar-refractivity contribution is 6.22. The van der Waals surface area contributed by atoms with E-state index >= 15 is 0 Å². The fourth-order valence-corrected chi connectivity index (χ4v) is 4.07. The molecule has 3 aromatic rings. The van der Waals surface area contributed by atoms with Crippen molar-refractivity contribution in [2.75, 3.05) is 0 Å². The van der Waals surface area contributed by atoms with Crippen molar-refractivity contribution in [3.8, 4) is 0 Å². The van der Waals surface area contributed by atoms with Crippen LogP contribution in [0.25, 0.3) is 0 Å². The molecule has 0 saturated heterocycles. The highest BCUT2D eigenvalue weighted by atomic mass is 16.4. The minimum absolute atomic E-state index is 0.0466. The monoisotopic (exact) mass is 516 g/mol. The summed E-state index contributed by atoms with van der Waals surface area (Å²) in [5.74, 6) is -3.88. The Bertz CT molecular complexity index is 1340. The van der Waals surface area contributed by atoms with Crippen LogP contribution >= 0.6 is 0 Å². The molecule has 0 unspecified atom stereocenters. The third kappa shape index (κ3) is 5.77. The third-order valence-electron chi connectivity index (χ3n) is 6.05. The zero-order valence-corrected chi connectivity index (χ0v) is 20.0.